The minimum atomic E-state index is -4.13. The second kappa shape index (κ2) is 6.34. The molecule has 7 nitrogen and oxygen atoms in total. The van der Waals surface area contributed by atoms with Crippen molar-refractivity contribution in [3.63, 3.8) is 0 Å². The van der Waals surface area contributed by atoms with Crippen molar-refractivity contribution in [1.82, 2.24) is 9.21 Å². The molecule has 1 heterocycles. The van der Waals surface area contributed by atoms with Gasteiger partial charge in [0.05, 0.1) is 11.8 Å². The van der Waals surface area contributed by atoms with Crippen LogP contribution >= 0.6 is 0 Å². The van der Waals surface area contributed by atoms with Crippen molar-refractivity contribution in [3.05, 3.63) is 29.8 Å². The minimum absolute atomic E-state index is 0.0324. The number of amides is 1. The Kier molecular flexibility index (Phi) is 4.50. The van der Waals surface area contributed by atoms with Crippen molar-refractivity contribution in [2.75, 3.05) is 26.2 Å². The van der Waals surface area contributed by atoms with Gasteiger partial charge in [-0.25, -0.2) is 17.2 Å². The van der Waals surface area contributed by atoms with Crippen LogP contribution in [0.1, 0.15) is 6.42 Å². The fraction of sp³-hybridized carbons (Fsp3) is 0.467. The summed E-state index contributed by atoms with van der Waals surface area (Å²) in [5, 5.41) is 8.87. The van der Waals surface area contributed by atoms with E-state index in [0.717, 1.165) is 16.4 Å². The van der Waals surface area contributed by atoms with E-state index in [2.05, 4.69) is 0 Å². The molecule has 2 unspecified atom stereocenters. The highest BCUT2D eigenvalue weighted by molar-refractivity contribution is 7.89. The molecule has 25 heavy (non-hydrogen) atoms. The first kappa shape index (κ1) is 17.7. The molecule has 1 amide bonds. The Morgan fingerprint density at radius 1 is 1.08 bits per heavy atom. The van der Waals surface area contributed by atoms with E-state index in [9.17, 15) is 26.8 Å². The van der Waals surface area contributed by atoms with Crippen LogP contribution in [0.4, 0.5) is 8.78 Å². The van der Waals surface area contributed by atoms with Gasteiger partial charge in [-0.2, -0.15) is 4.31 Å². The van der Waals surface area contributed by atoms with Gasteiger partial charge in [-0.3, -0.25) is 9.59 Å². The molecular weight excluding hydrogens is 358 g/mol. The van der Waals surface area contributed by atoms with Crippen molar-refractivity contribution >= 4 is 21.9 Å². The van der Waals surface area contributed by atoms with Gasteiger partial charge in [0, 0.05) is 32.2 Å². The number of piperazine rings is 1. The van der Waals surface area contributed by atoms with Crippen molar-refractivity contribution in [2.45, 2.75) is 11.3 Å². The van der Waals surface area contributed by atoms with E-state index in [4.69, 9.17) is 5.11 Å². The van der Waals surface area contributed by atoms with Crippen LogP contribution in [0.25, 0.3) is 0 Å². The fourth-order valence-corrected chi connectivity index (χ4v) is 4.42. The van der Waals surface area contributed by atoms with Gasteiger partial charge in [0.1, 0.15) is 16.5 Å². The zero-order chi connectivity index (χ0) is 18.4. The number of hydrogen-bond donors (Lipinski definition) is 1. The number of halogens is 2. The summed E-state index contributed by atoms with van der Waals surface area (Å²) >= 11 is 0. The first-order valence-electron chi connectivity index (χ1n) is 7.68. The number of aliphatic carboxylic acids is 1. The molecule has 0 radical (unpaired) electrons. The van der Waals surface area contributed by atoms with E-state index < -0.39 is 44.4 Å². The Bertz CT molecular complexity index is 821. The molecule has 2 atom stereocenters. The van der Waals surface area contributed by atoms with Gasteiger partial charge in [-0.1, -0.05) is 0 Å². The van der Waals surface area contributed by atoms with Gasteiger partial charge in [0.25, 0.3) is 0 Å². The van der Waals surface area contributed by atoms with Gasteiger partial charge in [-0.05, 0) is 18.6 Å². The molecule has 1 aromatic rings. The lowest BCUT2D eigenvalue weighted by atomic mass is 10.2. The Labute approximate surface area is 142 Å². The number of carbonyl (C=O) groups excluding carboxylic acids is 1. The molecule has 1 aliphatic heterocycles. The summed E-state index contributed by atoms with van der Waals surface area (Å²) in [5.74, 6) is -4.55. The zero-order valence-electron chi connectivity index (χ0n) is 13.1. The standard InChI is InChI=1S/C15H16F2N2O5S/c16-9-1-2-13(12(17)7-9)25(23,24)19-5-3-18(4-6-19)14(20)10-8-11(10)15(21)22/h1-2,7,10-11H,3-6,8H2,(H,21,22). The highest BCUT2D eigenvalue weighted by Crippen LogP contribution is 2.40. The van der Waals surface area contributed by atoms with Gasteiger partial charge in [0.15, 0.2) is 0 Å². The van der Waals surface area contributed by atoms with E-state index in [1.54, 1.807) is 0 Å². The predicted octanol–water partition coefficient (Wildman–Crippen LogP) is 0.518. The average molecular weight is 374 g/mol. The number of rotatable bonds is 4. The Hall–Kier alpha value is -2.07. The minimum Gasteiger partial charge on any atom is -0.481 e. The molecule has 10 heteroatoms. The lowest BCUT2D eigenvalue weighted by Crippen LogP contribution is -2.51. The molecule has 3 rings (SSSR count). The van der Waals surface area contributed by atoms with Gasteiger partial charge in [-0.15, -0.1) is 0 Å². The molecule has 1 saturated heterocycles. The smallest absolute Gasteiger partial charge is 0.307 e. The second-order valence-corrected chi connectivity index (χ2v) is 8.00. The molecule has 136 valence electrons. The van der Waals surface area contributed by atoms with Crippen LogP contribution in [0.3, 0.4) is 0 Å². The number of hydrogen-bond acceptors (Lipinski definition) is 4. The molecule has 1 aliphatic carbocycles. The number of sulfonamides is 1. The third-order valence-corrected chi connectivity index (χ3v) is 6.42. The highest BCUT2D eigenvalue weighted by atomic mass is 32.2. The second-order valence-electron chi connectivity index (χ2n) is 6.09. The van der Waals surface area contributed by atoms with Crippen molar-refractivity contribution in [1.29, 1.82) is 0 Å². The van der Waals surface area contributed by atoms with Crippen LogP contribution in [0, 0.1) is 23.5 Å². The topological polar surface area (TPSA) is 95.0 Å². The first-order valence-corrected chi connectivity index (χ1v) is 9.12. The van der Waals surface area contributed by atoms with Crippen LogP contribution in [0.15, 0.2) is 23.1 Å². The van der Waals surface area contributed by atoms with Gasteiger partial charge >= 0.3 is 5.97 Å². The van der Waals surface area contributed by atoms with Crippen LogP contribution < -0.4 is 0 Å². The lowest BCUT2D eigenvalue weighted by Gasteiger charge is -2.34. The number of carbonyl (C=O) groups is 2. The number of carboxylic acids is 1. The van der Waals surface area contributed by atoms with E-state index in [0.29, 0.717) is 12.5 Å². The maximum absolute atomic E-state index is 13.8. The number of benzene rings is 1. The molecular formula is C15H16F2N2O5S. The summed E-state index contributed by atoms with van der Waals surface area (Å²) in [6.45, 7) is 0.137. The zero-order valence-corrected chi connectivity index (χ0v) is 13.9. The summed E-state index contributed by atoms with van der Waals surface area (Å²) in [6, 6.07) is 2.25. The molecule has 0 aromatic heterocycles. The Balaban J connectivity index is 1.66. The number of carboxylic acid groups (broad SMARTS) is 1. The summed E-state index contributed by atoms with van der Waals surface area (Å²) in [4.78, 5) is 23.8. The van der Waals surface area contributed by atoms with Crippen LogP contribution in [-0.4, -0.2) is 60.8 Å². The monoisotopic (exact) mass is 374 g/mol. The molecule has 2 aliphatic rings. The van der Waals surface area contributed by atoms with E-state index >= 15 is 0 Å². The van der Waals surface area contributed by atoms with Crippen LogP contribution in [0.2, 0.25) is 0 Å². The van der Waals surface area contributed by atoms with Crippen molar-refractivity contribution in [2.24, 2.45) is 11.8 Å². The summed E-state index contributed by atoms with van der Waals surface area (Å²) in [5.41, 5.74) is 0. The SMILES string of the molecule is O=C(O)C1CC1C(=O)N1CCN(S(=O)(=O)c2ccc(F)cc2F)CC1. The Morgan fingerprint density at radius 2 is 1.72 bits per heavy atom. The molecule has 1 N–H and O–H groups in total. The van der Waals surface area contributed by atoms with Crippen molar-refractivity contribution in [3.8, 4) is 0 Å². The first-order chi connectivity index (χ1) is 11.7. The fourth-order valence-electron chi connectivity index (χ4n) is 2.95. The summed E-state index contributed by atoms with van der Waals surface area (Å²) in [7, 11) is -4.13. The van der Waals surface area contributed by atoms with E-state index in [1.165, 1.54) is 4.90 Å². The lowest BCUT2D eigenvalue weighted by molar-refractivity contribution is -0.142. The van der Waals surface area contributed by atoms with E-state index in [1.807, 2.05) is 0 Å². The van der Waals surface area contributed by atoms with Crippen LogP contribution in [0.5, 0.6) is 0 Å². The maximum Gasteiger partial charge on any atom is 0.307 e. The quantitative estimate of drug-likeness (QED) is 0.829. The molecule has 0 spiro atoms. The normalized spacial score (nSPS) is 24.2. The molecule has 2 fully saturated rings. The molecule has 0 bridgehead atoms. The van der Waals surface area contributed by atoms with Gasteiger partial charge < -0.3 is 10.0 Å². The third kappa shape index (κ3) is 3.36. The third-order valence-electron chi connectivity index (χ3n) is 4.49. The molecule has 1 aromatic carbocycles. The Morgan fingerprint density at radius 3 is 2.24 bits per heavy atom. The van der Waals surface area contributed by atoms with Gasteiger partial charge in [0.2, 0.25) is 15.9 Å². The van der Waals surface area contributed by atoms with E-state index in [-0.39, 0.29) is 32.1 Å². The number of nitrogens with zero attached hydrogens (tertiary/aromatic N) is 2. The summed E-state index contributed by atoms with van der Waals surface area (Å²) < 4.78 is 52.7. The van der Waals surface area contributed by atoms with Crippen LogP contribution in [-0.2, 0) is 19.6 Å². The largest absolute Gasteiger partial charge is 0.481 e. The predicted molar refractivity (Wildman–Crippen MR) is 80.9 cm³/mol. The highest BCUT2D eigenvalue weighted by Gasteiger charge is 2.50. The average Bonchev–Trinajstić information content (AvgIpc) is 3.35. The molecule has 1 saturated carbocycles. The maximum atomic E-state index is 13.8. The van der Waals surface area contributed by atoms with Crippen molar-refractivity contribution < 1.29 is 31.9 Å². The summed E-state index contributed by atoms with van der Waals surface area (Å²) in [6.07, 6.45) is 0.299.